The van der Waals surface area contributed by atoms with Crippen LogP contribution >= 0.6 is 11.6 Å². The Hall–Kier alpha value is -1.54. The Morgan fingerprint density at radius 3 is 3.19 bits per heavy atom. The third kappa shape index (κ3) is 2.91. The van der Waals surface area contributed by atoms with Crippen molar-refractivity contribution in [2.75, 3.05) is 6.54 Å². The molecule has 0 saturated carbocycles. The molecule has 1 aromatic heterocycles. The van der Waals surface area contributed by atoms with E-state index in [2.05, 4.69) is 22.1 Å². The van der Waals surface area contributed by atoms with Crippen LogP contribution in [-0.2, 0) is 6.54 Å². The average Bonchev–Trinajstić information content (AvgIpc) is 2.89. The number of aliphatic hydroxyl groups excluding tert-OH is 1. The predicted molar refractivity (Wildman–Crippen MR) is 84.3 cm³/mol. The number of imidazole rings is 1. The first kappa shape index (κ1) is 14.4. The van der Waals surface area contributed by atoms with Crippen molar-refractivity contribution < 1.29 is 5.11 Å². The summed E-state index contributed by atoms with van der Waals surface area (Å²) >= 11 is 6.11. The van der Waals surface area contributed by atoms with Crippen molar-refractivity contribution in [1.29, 1.82) is 0 Å². The van der Waals surface area contributed by atoms with E-state index >= 15 is 0 Å². The van der Waals surface area contributed by atoms with Crippen LogP contribution in [0.15, 0.2) is 18.5 Å². The summed E-state index contributed by atoms with van der Waals surface area (Å²) in [5, 5.41) is 13.8. The van der Waals surface area contributed by atoms with E-state index in [0.29, 0.717) is 6.54 Å². The molecule has 2 atom stereocenters. The molecule has 0 aliphatic carbocycles. The van der Waals surface area contributed by atoms with Crippen molar-refractivity contribution in [1.82, 2.24) is 14.9 Å². The highest BCUT2D eigenvalue weighted by molar-refractivity contribution is 6.32. The molecular formula is C16H18ClN3O. The van der Waals surface area contributed by atoms with Crippen LogP contribution in [0.4, 0.5) is 0 Å². The Labute approximate surface area is 129 Å². The molecule has 4 nitrogen and oxygen atoms in total. The lowest BCUT2D eigenvalue weighted by Gasteiger charge is -2.24. The van der Waals surface area contributed by atoms with E-state index in [1.165, 1.54) is 0 Å². The van der Waals surface area contributed by atoms with Crippen LogP contribution in [0.1, 0.15) is 18.4 Å². The fourth-order valence-electron chi connectivity index (χ4n) is 2.63. The number of aromatic nitrogens is 2. The fraction of sp³-hybridized carbons (Fsp3) is 0.438. The summed E-state index contributed by atoms with van der Waals surface area (Å²) < 4.78 is 2.00. The predicted octanol–water partition coefficient (Wildman–Crippen LogP) is 2.11. The van der Waals surface area contributed by atoms with Gasteiger partial charge in [0.15, 0.2) is 0 Å². The van der Waals surface area contributed by atoms with Crippen molar-refractivity contribution >= 4 is 22.6 Å². The molecule has 21 heavy (non-hydrogen) atoms. The smallest absolute Gasteiger partial charge is 0.0967 e. The number of nitrogens with zero attached hydrogens (tertiary/aromatic N) is 2. The monoisotopic (exact) mass is 303 g/mol. The maximum absolute atomic E-state index is 9.87. The fourth-order valence-corrected chi connectivity index (χ4v) is 2.78. The van der Waals surface area contributed by atoms with Crippen LogP contribution in [-0.4, -0.2) is 33.3 Å². The van der Waals surface area contributed by atoms with Gasteiger partial charge in [0.1, 0.15) is 0 Å². The number of aliphatic hydroxyl groups is 1. The number of rotatable bonds is 1. The lowest BCUT2D eigenvalue weighted by atomic mass is 10.0. The van der Waals surface area contributed by atoms with Crippen LogP contribution in [0, 0.1) is 18.8 Å². The summed E-state index contributed by atoms with van der Waals surface area (Å²) in [5.41, 5.74) is 2.94. The lowest BCUT2D eigenvalue weighted by Crippen LogP contribution is -2.43. The first-order chi connectivity index (χ1) is 10.2. The molecule has 1 aliphatic heterocycles. The summed E-state index contributed by atoms with van der Waals surface area (Å²) in [5.74, 6) is 6.25. The molecule has 0 spiro atoms. The third-order valence-electron chi connectivity index (χ3n) is 3.91. The SMILES string of the molecule is Cc1c(Cl)ccc2c1ncn2CC#CC1NCCCC1O. The molecule has 5 heteroatoms. The molecule has 1 saturated heterocycles. The first-order valence-electron chi connectivity index (χ1n) is 7.16. The van der Waals surface area contributed by atoms with Gasteiger partial charge in [-0.15, -0.1) is 0 Å². The number of benzene rings is 1. The minimum absolute atomic E-state index is 0.121. The van der Waals surface area contributed by atoms with Gasteiger partial charge in [0.25, 0.3) is 0 Å². The summed E-state index contributed by atoms with van der Waals surface area (Å²) in [6.07, 6.45) is 3.24. The summed E-state index contributed by atoms with van der Waals surface area (Å²) in [7, 11) is 0. The number of piperidine rings is 1. The van der Waals surface area contributed by atoms with E-state index in [0.717, 1.165) is 41.0 Å². The van der Waals surface area contributed by atoms with Crippen molar-refractivity contribution in [3.05, 3.63) is 29.0 Å². The van der Waals surface area contributed by atoms with E-state index < -0.39 is 0 Å². The molecule has 3 rings (SSSR count). The molecule has 0 bridgehead atoms. The van der Waals surface area contributed by atoms with E-state index in [1.807, 2.05) is 23.6 Å². The molecule has 2 aromatic rings. The third-order valence-corrected chi connectivity index (χ3v) is 4.32. The van der Waals surface area contributed by atoms with Crippen LogP contribution in [0.3, 0.4) is 0 Å². The Kier molecular flexibility index (Phi) is 4.16. The Morgan fingerprint density at radius 2 is 2.38 bits per heavy atom. The zero-order chi connectivity index (χ0) is 14.8. The number of halogens is 1. The van der Waals surface area contributed by atoms with Crippen molar-refractivity contribution in [2.24, 2.45) is 0 Å². The molecule has 2 unspecified atom stereocenters. The van der Waals surface area contributed by atoms with Gasteiger partial charge in [0.2, 0.25) is 0 Å². The van der Waals surface area contributed by atoms with Gasteiger partial charge in [-0.2, -0.15) is 0 Å². The Balaban J connectivity index is 1.79. The van der Waals surface area contributed by atoms with Gasteiger partial charge in [-0.3, -0.25) is 0 Å². The maximum atomic E-state index is 9.87. The van der Waals surface area contributed by atoms with Gasteiger partial charge >= 0.3 is 0 Å². The summed E-state index contributed by atoms with van der Waals surface area (Å²) in [6.45, 7) is 3.45. The standard InChI is InChI=1S/C16H18ClN3O/c1-11-12(17)6-7-14-16(11)19-10-20(14)9-3-4-13-15(21)5-2-8-18-13/h6-7,10,13,15,18,21H,2,5,8-9H2,1H3. The molecule has 2 heterocycles. The van der Waals surface area contributed by atoms with Crippen LogP contribution in [0.25, 0.3) is 11.0 Å². The molecule has 110 valence electrons. The number of hydrogen-bond acceptors (Lipinski definition) is 3. The van der Waals surface area contributed by atoms with Gasteiger partial charge in [0.05, 0.1) is 36.1 Å². The zero-order valence-corrected chi connectivity index (χ0v) is 12.7. The van der Waals surface area contributed by atoms with Gasteiger partial charge < -0.3 is 15.0 Å². The van der Waals surface area contributed by atoms with Crippen LogP contribution < -0.4 is 5.32 Å². The molecule has 1 aromatic carbocycles. The minimum Gasteiger partial charge on any atom is -0.390 e. The number of fused-ring (bicyclic) bond motifs is 1. The quantitative estimate of drug-likeness (QED) is 0.793. The normalized spacial score (nSPS) is 22.0. The lowest BCUT2D eigenvalue weighted by molar-refractivity contribution is 0.118. The second-order valence-corrected chi connectivity index (χ2v) is 5.78. The van der Waals surface area contributed by atoms with Gasteiger partial charge in [-0.05, 0) is 44.0 Å². The second-order valence-electron chi connectivity index (χ2n) is 5.38. The minimum atomic E-state index is -0.369. The van der Waals surface area contributed by atoms with Gasteiger partial charge in [-0.1, -0.05) is 23.4 Å². The highest BCUT2D eigenvalue weighted by atomic mass is 35.5. The highest BCUT2D eigenvalue weighted by Gasteiger charge is 2.19. The maximum Gasteiger partial charge on any atom is 0.0967 e. The average molecular weight is 304 g/mol. The molecule has 1 fully saturated rings. The topological polar surface area (TPSA) is 50.1 Å². The molecule has 1 aliphatic rings. The van der Waals surface area contributed by atoms with E-state index in [-0.39, 0.29) is 12.1 Å². The molecule has 2 N–H and O–H groups in total. The number of hydrogen-bond donors (Lipinski definition) is 2. The summed E-state index contributed by atoms with van der Waals surface area (Å²) in [4.78, 5) is 4.41. The Morgan fingerprint density at radius 1 is 1.52 bits per heavy atom. The van der Waals surface area contributed by atoms with Crippen LogP contribution in [0.2, 0.25) is 5.02 Å². The van der Waals surface area contributed by atoms with E-state index in [1.54, 1.807) is 6.33 Å². The van der Waals surface area contributed by atoms with Crippen LogP contribution in [0.5, 0.6) is 0 Å². The number of nitrogens with one attached hydrogen (secondary N) is 1. The largest absolute Gasteiger partial charge is 0.390 e. The molecule has 0 radical (unpaired) electrons. The molecule has 0 amide bonds. The second kappa shape index (κ2) is 6.07. The number of aryl methyl sites for hydroxylation is 1. The zero-order valence-electron chi connectivity index (χ0n) is 11.9. The highest BCUT2D eigenvalue weighted by Crippen LogP contribution is 2.23. The first-order valence-corrected chi connectivity index (χ1v) is 7.54. The van der Waals surface area contributed by atoms with Crippen molar-refractivity contribution in [3.8, 4) is 11.8 Å². The van der Waals surface area contributed by atoms with E-state index in [4.69, 9.17) is 11.6 Å². The van der Waals surface area contributed by atoms with Gasteiger partial charge in [-0.25, -0.2) is 4.98 Å². The molecular weight excluding hydrogens is 286 g/mol. The van der Waals surface area contributed by atoms with Gasteiger partial charge in [0, 0.05) is 5.02 Å². The van der Waals surface area contributed by atoms with Crippen molar-refractivity contribution in [2.45, 2.75) is 38.5 Å². The van der Waals surface area contributed by atoms with E-state index in [9.17, 15) is 5.11 Å². The summed E-state index contributed by atoms with van der Waals surface area (Å²) in [6, 6.07) is 3.73. The van der Waals surface area contributed by atoms with Crippen molar-refractivity contribution in [3.63, 3.8) is 0 Å². The Bertz CT molecular complexity index is 713.